The molecule has 0 bridgehead atoms. The molecule has 0 radical (unpaired) electrons. The molecule has 0 saturated carbocycles. The molecule has 2 atom stereocenters. The summed E-state index contributed by atoms with van der Waals surface area (Å²) in [6.07, 6.45) is 0.179. The number of carbonyl (C=O) groups is 4. The van der Waals surface area contributed by atoms with E-state index in [9.17, 15) is 19.2 Å². The van der Waals surface area contributed by atoms with E-state index in [2.05, 4.69) is 10.6 Å². The molecule has 0 spiro atoms. The quantitative estimate of drug-likeness (QED) is 0.374. The van der Waals surface area contributed by atoms with E-state index in [-0.39, 0.29) is 43.3 Å². The Morgan fingerprint density at radius 2 is 1.78 bits per heavy atom. The summed E-state index contributed by atoms with van der Waals surface area (Å²) < 4.78 is 4.97. The fourth-order valence-electron chi connectivity index (χ4n) is 3.67. The van der Waals surface area contributed by atoms with Crippen LogP contribution in [0.3, 0.4) is 0 Å². The van der Waals surface area contributed by atoms with Gasteiger partial charge in [-0.15, -0.1) is 0 Å². The molecule has 0 aromatic heterocycles. The predicted octanol–water partition coefficient (Wildman–Crippen LogP) is 2.07. The van der Waals surface area contributed by atoms with Crippen LogP contribution in [0, 0.1) is 5.92 Å². The van der Waals surface area contributed by atoms with Gasteiger partial charge in [-0.05, 0) is 30.7 Å². The lowest BCUT2D eigenvalue weighted by Crippen LogP contribution is -2.38. The van der Waals surface area contributed by atoms with Crippen molar-refractivity contribution in [1.82, 2.24) is 15.5 Å². The van der Waals surface area contributed by atoms with Gasteiger partial charge in [-0.2, -0.15) is 0 Å². The van der Waals surface area contributed by atoms with Crippen LogP contribution < -0.4 is 15.4 Å². The van der Waals surface area contributed by atoms with Crippen LogP contribution in [0.25, 0.3) is 0 Å². The second-order valence-electron chi connectivity index (χ2n) is 7.70. The Bertz CT molecular complexity index is 992. The van der Waals surface area contributed by atoms with Crippen LogP contribution in [-0.4, -0.2) is 48.2 Å². The number of esters is 1. The minimum absolute atomic E-state index is 0.0394. The van der Waals surface area contributed by atoms with E-state index in [0.717, 1.165) is 5.56 Å². The van der Waals surface area contributed by atoms with Gasteiger partial charge in [0.05, 0.1) is 12.0 Å². The number of ether oxygens (including phenoxy) is 1. The molecule has 0 aliphatic carbocycles. The lowest BCUT2D eigenvalue weighted by atomic mass is 10.1. The first kappa shape index (κ1) is 23.0. The molecule has 8 nitrogen and oxygen atoms in total. The first-order chi connectivity index (χ1) is 15.3. The Hall–Kier alpha value is -3.68. The minimum atomic E-state index is -0.465. The number of benzene rings is 2. The monoisotopic (exact) mass is 437 g/mol. The van der Waals surface area contributed by atoms with E-state index in [1.54, 1.807) is 23.1 Å². The summed E-state index contributed by atoms with van der Waals surface area (Å²) in [4.78, 5) is 50.0. The minimum Gasteiger partial charge on any atom is -0.427 e. The van der Waals surface area contributed by atoms with Crippen LogP contribution in [-0.2, 0) is 14.4 Å². The Balaban J connectivity index is 1.44. The maximum atomic E-state index is 12.5. The van der Waals surface area contributed by atoms with Crippen molar-refractivity contribution in [3.63, 3.8) is 0 Å². The van der Waals surface area contributed by atoms with E-state index in [1.165, 1.54) is 13.0 Å². The SMILES string of the molecule is CC(=O)Oc1cccc(C(=O)NCCNC(=O)C2CC(=O)N(C(C)c3ccccc3)C2)c1. The van der Waals surface area contributed by atoms with Crippen LogP contribution in [0.15, 0.2) is 54.6 Å². The molecular weight excluding hydrogens is 410 g/mol. The summed E-state index contributed by atoms with van der Waals surface area (Å²) in [5.74, 6) is -1.17. The van der Waals surface area contributed by atoms with E-state index >= 15 is 0 Å². The van der Waals surface area contributed by atoms with Gasteiger partial charge in [0, 0.05) is 38.5 Å². The summed E-state index contributed by atoms with van der Waals surface area (Å²) in [5.41, 5.74) is 1.38. The van der Waals surface area contributed by atoms with Crippen LogP contribution in [0.2, 0.25) is 0 Å². The molecule has 2 unspecified atom stereocenters. The number of hydrogen-bond donors (Lipinski definition) is 2. The summed E-state index contributed by atoms with van der Waals surface area (Å²) >= 11 is 0. The van der Waals surface area contributed by atoms with E-state index < -0.39 is 11.9 Å². The Morgan fingerprint density at radius 3 is 2.50 bits per heavy atom. The summed E-state index contributed by atoms with van der Waals surface area (Å²) in [6, 6.07) is 15.9. The normalized spacial score (nSPS) is 16.4. The molecule has 1 aliphatic rings. The zero-order valence-corrected chi connectivity index (χ0v) is 18.2. The van der Waals surface area contributed by atoms with Gasteiger partial charge in [-0.3, -0.25) is 19.2 Å². The number of carbonyl (C=O) groups excluding carboxylic acids is 4. The number of amides is 3. The van der Waals surface area contributed by atoms with Crippen LogP contribution >= 0.6 is 0 Å². The van der Waals surface area contributed by atoms with E-state index in [4.69, 9.17) is 4.74 Å². The molecule has 2 aromatic carbocycles. The first-order valence-corrected chi connectivity index (χ1v) is 10.5. The summed E-state index contributed by atoms with van der Waals surface area (Å²) in [7, 11) is 0. The second-order valence-corrected chi connectivity index (χ2v) is 7.70. The van der Waals surface area contributed by atoms with Crippen molar-refractivity contribution in [2.24, 2.45) is 5.92 Å². The van der Waals surface area contributed by atoms with Gasteiger partial charge in [-0.1, -0.05) is 36.4 Å². The lowest BCUT2D eigenvalue weighted by molar-refractivity contribution is -0.132. The molecule has 3 rings (SSSR count). The molecule has 3 amide bonds. The topological polar surface area (TPSA) is 105 Å². The third-order valence-corrected chi connectivity index (χ3v) is 5.35. The van der Waals surface area contributed by atoms with E-state index in [1.807, 2.05) is 37.3 Å². The smallest absolute Gasteiger partial charge is 0.308 e. The average Bonchev–Trinajstić information content (AvgIpc) is 3.18. The van der Waals surface area contributed by atoms with Gasteiger partial charge < -0.3 is 20.3 Å². The highest BCUT2D eigenvalue weighted by atomic mass is 16.5. The number of hydrogen-bond acceptors (Lipinski definition) is 5. The fourth-order valence-corrected chi connectivity index (χ4v) is 3.67. The average molecular weight is 437 g/mol. The third-order valence-electron chi connectivity index (χ3n) is 5.35. The zero-order chi connectivity index (χ0) is 23.1. The highest BCUT2D eigenvalue weighted by molar-refractivity contribution is 5.94. The molecule has 1 saturated heterocycles. The number of likely N-dealkylation sites (tertiary alicyclic amines) is 1. The first-order valence-electron chi connectivity index (χ1n) is 10.5. The fraction of sp³-hybridized carbons (Fsp3) is 0.333. The number of nitrogens with zero attached hydrogens (tertiary/aromatic N) is 1. The Kier molecular flexibility index (Phi) is 7.59. The predicted molar refractivity (Wildman–Crippen MR) is 118 cm³/mol. The largest absolute Gasteiger partial charge is 0.427 e. The highest BCUT2D eigenvalue weighted by Crippen LogP contribution is 2.28. The van der Waals surface area contributed by atoms with Crippen molar-refractivity contribution in [2.75, 3.05) is 19.6 Å². The molecule has 1 fully saturated rings. The van der Waals surface area contributed by atoms with Gasteiger partial charge in [0.1, 0.15) is 5.75 Å². The van der Waals surface area contributed by atoms with Gasteiger partial charge >= 0.3 is 5.97 Å². The molecule has 1 heterocycles. The summed E-state index contributed by atoms with van der Waals surface area (Å²) in [5, 5.41) is 5.50. The molecular formula is C24H27N3O5. The lowest BCUT2D eigenvalue weighted by Gasteiger charge is -2.25. The van der Waals surface area contributed by atoms with Gasteiger partial charge in [-0.25, -0.2) is 0 Å². The van der Waals surface area contributed by atoms with E-state index in [0.29, 0.717) is 17.9 Å². The van der Waals surface area contributed by atoms with Crippen molar-refractivity contribution in [3.8, 4) is 5.75 Å². The maximum absolute atomic E-state index is 12.5. The van der Waals surface area contributed by atoms with Crippen molar-refractivity contribution >= 4 is 23.7 Å². The standard InChI is InChI=1S/C24H27N3O5/c1-16(18-7-4-3-5-8-18)27-15-20(14-22(27)29)24(31)26-12-11-25-23(30)19-9-6-10-21(13-19)32-17(2)28/h3-10,13,16,20H,11-12,14-15H2,1-2H3,(H,25,30)(H,26,31). The van der Waals surface area contributed by atoms with Crippen molar-refractivity contribution < 1.29 is 23.9 Å². The van der Waals surface area contributed by atoms with Gasteiger partial charge in [0.2, 0.25) is 11.8 Å². The van der Waals surface area contributed by atoms with Crippen molar-refractivity contribution in [1.29, 1.82) is 0 Å². The number of nitrogens with one attached hydrogen (secondary N) is 2. The molecule has 168 valence electrons. The molecule has 32 heavy (non-hydrogen) atoms. The summed E-state index contributed by atoms with van der Waals surface area (Å²) in [6.45, 7) is 4.09. The molecule has 1 aliphatic heterocycles. The maximum Gasteiger partial charge on any atom is 0.308 e. The third kappa shape index (κ3) is 5.94. The molecule has 2 aromatic rings. The van der Waals surface area contributed by atoms with Gasteiger partial charge in [0.25, 0.3) is 5.91 Å². The molecule has 8 heteroatoms. The second kappa shape index (κ2) is 10.6. The van der Waals surface area contributed by atoms with Crippen LogP contribution in [0.1, 0.15) is 42.2 Å². The molecule has 2 N–H and O–H groups in total. The van der Waals surface area contributed by atoms with Crippen molar-refractivity contribution in [2.45, 2.75) is 26.3 Å². The Morgan fingerprint density at radius 1 is 1.06 bits per heavy atom. The Labute approximate surface area is 186 Å². The van der Waals surface area contributed by atoms with Crippen LogP contribution in [0.5, 0.6) is 5.75 Å². The van der Waals surface area contributed by atoms with Crippen LogP contribution in [0.4, 0.5) is 0 Å². The van der Waals surface area contributed by atoms with Gasteiger partial charge in [0.15, 0.2) is 0 Å². The number of rotatable bonds is 8. The van der Waals surface area contributed by atoms with Crippen molar-refractivity contribution in [3.05, 3.63) is 65.7 Å². The zero-order valence-electron chi connectivity index (χ0n) is 18.2. The highest BCUT2D eigenvalue weighted by Gasteiger charge is 2.36.